The summed E-state index contributed by atoms with van der Waals surface area (Å²) in [5, 5.41) is 4.19. The van der Waals surface area contributed by atoms with E-state index in [-0.39, 0.29) is 16.9 Å². The number of para-hydroxylation sites is 1. The number of imidazole rings is 1. The van der Waals surface area contributed by atoms with Crippen molar-refractivity contribution in [2.45, 2.75) is 13.0 Å². The summed E-state index contributed by atoms with van der Waals surface area (Å²) in [6.07, 6.45) is 8.12. The van der Waals surface area contributed by atoms with E-state index in [1.165, 1.54) is 6.33 Å². The van der Waals surface area contributed by atoms with Crippen molar-refractivity contribution >= 4 is 28.1 Å². The number of hydrogen-bond acceptors (Lipinski definition) is 6. The first-order chi connectivity index (χ1) is 19.5. The van der Waals surface area contributed by atoms with Gasteiger partial charge in [0, 0.05) is 47.3 Å². The van der Waals surface area contributed by atoms with Gasteiger partial charge in [0.1, 0.15) is 17.7 Å². The van der Waals surface area contributed by atoms with E-state index >= 15 is 0 Å². The number of carbonyl (C=O) groups excluding carboxylic acids is 1. The van der Waals surface area contributed by atoms with Gasteiger partial charge in [0.15, 0.2) is 5.65 Å². The number of aromatic nitrogens is 5. The molecular weight excluding hydrogens is 502 g/mol. The van der Waals surface area contributed by atoms with Crippen LogP contribution >= 0.6 is 0 Å². The largest absolute Gasteiger partial charge is 0.383 e. The van der Waals surface area contributed by atoms with E-state index in [2.05, 4.69) is 32.1 Å². The highest BCUT2D eigenvalue weighted by Gasteiger charge is 2.23. The molecule has 3 N–H and O–H groups in total. The first-order valence-electron chi connectivity index (χ1n) is 12.6. The van der Waals surface area contributed by atoms with Crippen molar-refractivity contribution in [3.8, 4) is 17.5 Å². The number of carbonyl (C=O) groups is 1. The Morgan fingerprint density at radius 3 is 2.65 bits per heavy atom. The predicted molar refractivity (Wildman–Crippen MR) is 153 cm³/mol. The van der Waals surface area contributed by atoms with Crippen LogP contribution in [0.5, 0.6) is 0 Å². The van der Waals surface area contributed by atoms with Gasteiger partial charge in [-0.1, -0.05) is 42.2 Å². The molecule has 1 amide bonds. The van der Waals surface area contributed by atoms with E-state index < -0.39 is 11.9 Å². The third-order valence-electron chi connectivity index (χ3n) is 6.58. The second-order valence-electron chi connectivity index (χ2n) is 9.16. The number of nitrogen functional groups attached to an aromatic ring is 1. The van der Waals surface area contributed by atoms with Crippen molar-refractivity contribution < 1.29 is 4.79 Å². The summed E-state index contributed by atoms with van der Waals surface area (Å²) < 4.78 is 3.24. The number of rotatable bonds is 4. The van der Waals surface area contributed by atoms with Crippen LogP contribution in [0.15, 0.2) is 103 Å². The molecule has 0 unspecified atom stereocenters. The lowest BCUT2D eigenvalue weighted by atomic mass is 10.0. The van der Waals surface area contributed by atoms with E-state index in [0.717, 1.165) is 5.56 Å². The maximum atomic E-state index is 14.2. The summed E-state index contributed by atoms with van der Waals surface area (Å²) >= 11 is 0. The minimum atomic E-state index is -0.579. The van der Waals surface area contributed by atoms with Crippen LogP contribution in [-0.4, -0.2) is 29.8 Å². The average molecular weight is 526 g/mol. The van der Waals surface area contributed by atoms with Crippen molar-refractivity contribution in [2.75, 3.05) is 5.73 Å². The van der Waals surface area contributed by atoms with Crippen LogP contribution in [0, 0.1) is 11.8 Å². The van der Waals surface area contributed by atoms with Crippen LogP contribution in [0.1, 0.15) is 40.1 Å². The van der Waals surface area contributed by atoms with E-state index in [9.17, 15) is 9.59 Å². The molecule has 0 spiro atoms. The van der Waals surface area contributed by atoms with Gasteiger partial charge in [0.2, 0.25) is 0 Å². The van der Waals surface area contributed by atoms with Crippen molar-refractivity contribution in [1.29, 1.82) is 0 Å². The number of pyridine rings is 2. The van der Waals surface area contributed by atoms with Crippen LogP contribution in [-0.2, 0) is 0 Å². The van der Waals surface area contributed by atoms with Gasteiger partial charge in [-0.05, 0) is 48.7 Å². The predicted octanol–water partition coefficient (Wildman–Crippen LogP) is 3.90. The fourth-order valence-electron chi connectivity index (χ4n) is 4.69. The number of amides is 1. The van der Waals surface area contributed by atoms with Crippen LogP contribution in [0.2, 0.25) is 0 Å². The number of hydrogen-bond donors (Lipinski definition) is 2. The molecule has 0 aliphatic carbocycles. The van der Waals surface area contributed by atoms with Gasteiger partial charge in [0.05, 0.1) is 11.4 Å². The summed E-state index contributed by atoms with van der Waals surface area (Å²) in [5.74, 6) is 5.86. The molecule has 9 heteroatoms. The Balaban J connectivity index is 1.48. The van der Waals surface area contributed by atoms with E-state index in [0.29, 0.717) is 33.4 Å². The van der Waals surface area contributed by atoms with E-state index in [1.54, 1.807) is 33.8 Å². The van der Waals surface area contributed by atoms with E-state index in [1.807, 2.05) is 73.7 Å². The third kappa shape index (κ3) is 4.44. The summed E-state index contributed by atoms with van der Waals surface area (Å²) in [6.45, 7) is 1.82. The molecule has 6 aromatic rings. The average Bonchev–Trinajstić information content (AvgIpc) is 3.45. The molecule has 0 radical (unpaired) electrons. The zero-order valence-corrected chi connectivity index (χ0v) is 21.4. The Morgan fingerprint density at radius 2 is 1.85 bits per heavy atom. The molecule has 0 fully saturated rings. The molecule has 2 aromatic carbocycles. The monoisotopic (exact) mass is 525 g/mol. The maximum Gasteiger partial charge on any atom is 0.264 e. The Labute approximate surface area is 229 Å². The number of nitrogens with two attached hydrogens (primary N) is 1. The molecule has 9 nitrogen and oxygen atoms in total. The molecule has 0 aliphatic rings. The van der Waals surface area contributed by atoms with Gasteiger partial charge in [-0.2, -0.15) is 0 Å². The molecule has 40 heavy (non-hydrogen) atoms. The second kappa shape index (κ2) is 10.2. The molecule has 4 heterocycles. The summed E-state index contributed by atoms with van der Waals surface area (Å²) in [7, 11) is 0. The highest BCUT2D eigenvalue weighted by molar-refractivity contribution is 6.04. The number of fused-ring (bicyclic) bond motifs is 2. The fourth-order valence-corrected chi connectivity index (χ4v) is 4.69. The van der Waals surface area contributed by atoms with Crippen molar-refractivity contribution in [3.63, 3.8) is 0 Å². The number of benzene rings is 2. The summed E-state index contributed by atoms with van der Waals surface area (Å²) in [4.78, 5) is 40.1. The number of nitrogens with one attached hydrogen (secondary N) is 1. The summed E-state index contributed by atoms with van der Waals surface area (Å²) in [5.41, 5.74) is 9.00. The first-order valence-corrected chi connectivity index (χ1v) is 12.6. The fraction of sp³-hybridized carbons (Fsp3) is 0.0645. The molecule has 194 valence electrons. The van der Waals surface area contributed by atoms with Gasteiger partial charge < -0.3 is 11.1 Å². The zero-order valence-electron chi connectivity index (χ0n) is 21.4. The SMILES string of the molecule is C[C@@H](NC(=O)c1c(N)ncn2ccnc12)c1cc2cccc(C#Cc3cccnc3)c2c(=O)n1-c1ccccc1. The normalized spacial score (nSPS) is 11.6. The molecule has 1 atom stereocenters. The topological polar surface area (TPSA) is 120 Å². The molecule has 0 aliphatic heterocycles. The lowest BCUT2D eigenvalue weighted by Crippen LogP contribution is -2.33. The van der Waals surface area contributed by atoms with Crippen molar-refractivity contribution in [3.05, 3.63) is 131 Å². The maximum absolute atomic E-state index is 14.2. The Morgan fingerprint density at radius 1 is 1.00 bits per heavy atom. The Hall–Kier alpha value is -5.75. The van der Waals surface area contributed by atoms with Gasteiger partial charge >= 0.3 is 0 Å². The molecule has 0 bridgehead atoms. The van der Waals surface area contributed by atoms with Gasteiger partial charge in [-0.25, -0.2) is 9.97 Å². The standard InChI is InChI=1S/C31H23N7O2/c1-20(36-30(39)27-28(32)35-19-37-16-15-34-29(27)37)25-17-23-9-5-8-22(13-12-21-7-6-14-33-18-21)26(23)31(40)38(25)24-10-3-2-4-11-24/h2-11,14-20H,32H2,1H3,(H,36,39)/t20-/m1/s1. The van der Waals surface area contributed by atoms with Gasteiger partial charge in [-0.15, -0.1) is 0 Å². The smallest absolute Gasteiger partial charge is 0.264 e. The second-order valence-corrected chi connectivity index (χ2v) is 9.16. The van der Waals surface area contributed by atoms with Gasteiger partial charge in [-0.3, -0.25) is 23.5 Å². The van der Waals surface area contributed by atoms with Crippen molar-refractivity contribution in [1.82, 2.24) is 29.2 Å². The van der Waals surface area contributed by atoms with Crippen LogP contribution in [0.3, 0.4) is 0 Å². The molecule has 0 saturated heterocycles. The Kier molecular flexibility index (Phi) is 6.26. The van der Waals surface area contributed by atoms with Gasteiger partial charge in [0.25, 0.3) is 11.5 Å². The summed E-state index contributed by atoms with van der Waals surface area (Å²) in [6, 6.07) is 19.9. The van der Waals surface area contributed by atoms with Crippen LogP contribution in [0.25, 0.3) is 22.1 Å². The Bertz CT molecular complexity index is 2000. The molecule has 4 aromatic heterocycles. The molecule has 6 rings (SSSR count). The minimum absolute atomic E-state index is 0.0687. The molecular formula is C31H23N7O2. The lowest BCUT2D eigenvalue weighted by molar-refractivity contribution is 0.0940. The zero-order chi connectivity index (χ0) is 27.6. The minimum Gasteiger partial charge on any atom is -0.383 e. The van der Waals surface area contributed by atoms with E-state index in [4.69, 9.17) is 5.73 Å². The lowest BCUT2D eigenvalue weighted by Gasteiger charge is -2.21. The number of anilines is 1. The highest BCUT2D eigenvalue weighted by Crippen LogP contribution is 2.24. The third-order valence-corrected chi connectivity index (χ3v) is 6.58. The van der Waals surface area contributed by atoms with Crippen LogP contribution < -0.4 is 16.6 Å². The molecule has 0 saturated carbocycles. The van der Waals surface area contributed by atoms with Crippen molar-refractivity contribution in [2.24, 2.45) is 0 Å². The first kappa shape index (κ1) is 24.6. The number of nitrogens with zero attached hydrogens (tertiary/aromatic N) is 5. The quantitative estimate of drug-likeness (QED) is 0.337. The highest BCUT2D eigenvalue weighted by atomic mass is 16.2. The van der Waals surface area contributed by atoms with Crippen LogP contribution in [0.4, 0.5) is 5.82 Å².